The first-order valence-corrected chi connectivity index (χ1v) is 7.34. The smallest absolute Gasteiger partial charge is 0.313 e. The molecule has 0 unspecified atom stereocenters. The summed E-state index contributed by atoms with van der Waals surface area (Å²) in [5, 5.41) is 45.5. The monoisotopic (exact) mass is 439 g/mol. The molecule has 0 spiro atoms. The van der Waals surface area contributed by atoms with Gasteiger partial charge in [-0.1, -0.05) is 31.9 Å². The molecule has 0 saturated heterocycles. The van der Waals surface area contributed by atoms with Crippen LogP contribution in [0, 0.1) is 32.8 Å². The molecule has 0 atom stereocenters. The molecular weight excluding hydrogens is 434 g/mol. The van der Waals surface area contributed by atoms with Crippen molar-refractivity contribution in [3.05, 3.63) is 60.5 Å². The first kappa shape index (κ1) is 18.4. The van der Waals surface area contributed by atoms with E-state index in [2.05, 4.69) is 31.9 Å². The van der Waals surface area contributed by atoms with E-state index in [4.69, 9.17) is 15.6 Å². The van der Waals surface area contributed by atoms with E-state index >= 15 is 0 Å². The van der Waals surface area contributed by atoms with Crippen LogP contribution in [0.2, 0.25) is 0 Å². The number of hydrogen-bond donors (Lipinski definition) is 2. The van der Waals surface area contributed by atoms with Gasteiger partial charge in [0.2, 0.25) is 5.75 Å². The zero-order valence-electron chi connectivity index (χ0n) is 11.2. The molecule has 0 aromatic heterocycles. The molecule has 0 aliphatic carbocycles. The van der Waals surface area contributed by atoms with Gasteiger partial charge in [-0.2, -0.15) is 10.5 Å². The highest BCUT2D eigenvalue weighted by Crippen LogP contribution is 2.32. The standard InChI is InChI=1S/C7H3BrN2O3.C7H4BrNO/c8-5-1-4(3-9)7(11)6(2-5)10(12)13;8-6-1-2-7(10)5(3-6)4-9/h1-2,11H;1-3,10H. The van der Waals surface area contributed by atoms with E-state index in [0.29, 0.717) is 4.47 Å². The Morgan fingerprint density at radius 3 is 2.04 bits per heavy atom. The molecule has 0 aliphatic rings. The Bertz CT molecular complexity index is 841. The van der Waals surface area contributed by atoms with Crippen molar-refractivity contribution in [3.63, 3.8) is 0 Å². The molecule has 2 rings (SSSR count). The van der Waals surface area contributed by atoms with Gasteiger partial charge in [0, 0.05) is 15.0 Å². The zero-order chi connectivity index (χ0) is 17.6. The summed E-state index contributed by atoms with van der Waals surface area (Å²) in [5.74, 6) is -0.582. The molecule has 116 valence electrons. The Kier molecular flexibility index (Phi) is 6.51. The predicted molar refractivity (Wildman–Crippen MR) is 87.7 cm³/mol. The first-order chi connectivity index (χ1) is 10.8. The Balaban J connectivity index is 0.000000238. The summed E-state index contributed by atoms with van der Waals surface area (Å²) in [7, 11) is 0. The van der Waals surface area contributed by atoms with Gasteiger partial charge in [-0.15, -0.1) is 0 Å². The summed E-state index contributed by atoms with van der Waals surface area (Å²) in [6.07, 6.45) is 0. The van der Waals surface area contributed by atoms with Gasteiger partial charge in [-0.25, -0.2) is 0 Å². The van der Waals surface area contributed by atoms with Crippen molar-refractivity contribution >= 4 is 37.5 Å². The number of benzene rings is 2. The lowest BCUT2D eigenvalue weighted by molar-refractivity contribution is -0.386. The molecule has 0 aliphatic heterocycles. The van der Waals surface area contributed by atoms with Crippen LogP contribution in [-0.4, -0.2) is 15.1 Å². The quantitative estimate of drug-likeness (QED) is 0.509. The van der Waals surface area contributed by atoms with Crippen LogP contribution in [0.3, 0.4) is 0 Å². The van der Waals surface area contributed by atoms with Gasteiger partial charge >= 0.3 is 5.69 Å². The van der Waals surface area contributed by atoms with E-state index in [9.17, 15) is 15.2 Å². The summed E-state index contributed by atoms with van der Waals surface area (Å²) in [6.45, 7) is 0. The molecule has 0 saturated carbocycles. The highest BCUT2D eigenvalue weighted by atomic mass is 79.9. The molecule has 0 fully saturated rings. The SMILES string of the molecule is N#Cc1cc(Br)cc([N+](=O)[O-])c1O.N#Cc1cc(Br)ccc1O. The summed E-state index contributed by atoms with van der Waals surface area (Å²) < 4.78 is 1.18. The first-order valence-electron chi connectivity index (χ1n) is 5.75. The predicted octanol–water partition coefficient (Wildman–Crippen LogP) is 3.96. The number of halogens is 2. The molecule has 0 heterocycles. The lowest BCUT2D eigenvalue weighted by atomic mass is 10.2. The largest absolute Gasteiger partial charge is 0.507 e. The second kappa shape index (κ2) is 8.13. The molecule has 2 N–H and O–H groups in total. The number of aromatic hydroxyl groups is 2. The average molecular weight is 441 g/mol. The molecule has 7 nitrogen and oxygen atoms in total. The second-order valence-electron chi connectivity index (χ2n) is 3.96. The van der Waals surface area contributed by atoms with Crippen molar-refractivity contribution in [3.8, 4) is 23.6 Å². The van der Waals surface area contributed by atoms with Crippen molar-refractivity contribution < 1.29 is 15.1 Å². The number of phenols is 2. The topological polar surface area (TPSA) is 131 Å². The van der Waals surface area contributed by atoms with Crippen molar-refractivity contribution in [2.45, 2.75) is 0 Å². The normalized spacial score (nSPS) is 9.04. The Morgan fingerprint density at radius 1 is 1.00 bits per heavy atom. The maximum absolute atomic E-state index is 10.4. The van der Waals surface area contributed by atoms with Crippen LogP contribution >= 0.6 is 31.9 Å². The van der Waals surface area contributed by atoms with Crippen LogP contribution in [0.4, 0.5) is 5.69 Å². The number of rotatable bonds is 1. The molecule has 2 aromatic rings. The number of nitriles is 2. The van der Waals surface area contributed by atoms with Crippen LogP contribution in [-0.2, 0) is 0 Å². The van der Waals surface area contributed by atoms with Gasteiger partial charge in [-0.05, 0) is 24.3 Å². The van der Waals surface area contributed by atoms with E-state index < -0.39 is 16.4 Å². The highest BCUT2D eigenvalue weighted by molar-refractivity contribution is 9.10. The number of nitro groups is 1. The van der Waals surface area contributed by atoms with Crippen LogP contribution in [0.5, 0.6) is 11.5 Å². The summed E-state index contributed by atoms with van der Waals surface area (Å²) in [6, 6.07) is 10.7. The van der Waals surface area contributed by atoms with Crippen molar-refractivity contribution in [1.82, 2.24) is 0 Å². The molecule has 0 radical (unpaired) electrons. The minimum Gasteiger partial charge on any atom is -0.507 e. The van der Waals surface area contributed by atoms with Crippen molar-refractivity contribution in [2.75, 3.05) is 0 Å². The van der Waals surface area contributed by atoms with Crippen molar-refractivity contribution in [2.24, 2.45) is 0 Å². The minimum absolute atomic E-state index is 0.0192. The minimum atomic E-state index is -0.749. The van der Waals surface area contributed by atoms with Crippen LogP contribution < -0.4 is 0 Å². The van der Waals surface area contributed by atoms with E-state index in [-0.39, 0.29) is 16.9 Å². The van der Waals surface area contributed by atoms with E-state index in [0.717, 1.165) is 10.5 Å². The molecular formula is C14H7Br2N3O4. The third-order valence-corrected chi connectivity index (χ3v) is 3.40. The van der Waals surface area contributed by atoms with Gasteiger partial charge in [0.15, 0.2) is 0 Å². The lowest BCUT2D eigenvalue weighted by Crippen LogP contribution is -1.90. The van der Waals surface area contributed by atoms with Gasteiger partial charge in [-0.3, -0.25) is 10.1 Å². The summed E-state index contributed by atoms with van der Waals surface area (Å²) >= 11 is 6.16. The average Bonchev–Trinajstić information content (AvgIpc) is 2.51. The Hall–Kier alpha value is -2.62. The third-order valence-electron chi connectivity index (χ3n) is 2.45. The second-order valence-corrected chi connectivity index (χ2v) is 5.79. The van der Waals surface area contributed by atoms with Crippen LogP contribution in [0.1, 0.15) is 11.1 Å². The van der Waals surface area contributed by atoms with Crippen LogP contribution in [0.15, 0.2) is 39.3 Å². The van der Waals surface area contributed by atoms with E-state index in [1.165, 1.54) is 12.1 Å². The van der Waals surface area contributed by atoms with Gasteiger partial charge in [0.05, 0.1) is 10.5 Å². The molecule has 2 aromatic carbocycles. The highest BCUT2D eigenvalue weighted by Gasteiger charge is 2.17. The Labute approximate surface area is 147 Å². The number of hydrogen-bond acceptors (Lipinski definition) is 6. The fourth-order valence-electron chi connectivity index (χ4n) is 1.41. The summed E-state index contributed by atoms with van der Waals surface area (Å²) in [4.78, 5) is 9.61. The van der Waals surface area contributed by atoms with E-state index in [1.807, 2.05) is 6.07 Å². The fourth-order valence-corrected chi connectivity index (χ4v) is 2.21. The maximum Gasteiger partial charge on any atom is 0.313 e. The fraction of sp³-hybridized carbons (Fsp3) is 0. The number of phenolic OH excluding ortho intramolecular Hbond substituents is 2. The maximum atomic E-state index is 10.4. The van der Waals surface area contributed by atoms with Crippen LogP contribution in [0.25, 0.3) is 0 Å². The van der Waals surface area contributed by atoms with Gasteiger partial charge in [0.1, 0.15) is 23.5 Å². The van der Waals surface area contributed by atoms with Gasteiger partial charge < -0.3 is 10.2 Å². The molecule has 23 heavy (non-hydrogen) atoms. The number of nitrogens with zero attached hydrogens (tertiary/aromatic N) is 3. The molecule has 0 amide bonds. The van der Waals surface area contributed by atoms with Gasteiger partial charge in [0.25, 0.3) is 0 Å². The van der Waals surface area contributed by atoms with E-state index in [1.54, 1.807) is 18.2 Å². The van der Waals surface area contributed by atoms with Crippen molar-refractivity contribution in [1.29, 1.82) is 10.5 Å². The Morgan fingerprint density at radius 2 is 1.57 bits per heavy atom. The lowest BCUT2D eigenvalue weighted by Gasteiger charge is -1.98. The summed E-state index contributed by atoms with van der Waals surface area (Å²) in [5.41, 5.74) is -0.318. The number of nitro benzene ring substituents is 1. The molecule has 9 heteroatoms. The zero-order valence-corrected chi connectivity index (χ0v) is 14.4. The third kappa shape index (κ3) is 4.95. The molecule has 0 bridgehead atoms.